The van der Waals surface area contributed by atoms with Crippen LogP contribution in [0.5, 0.6) is 0 Å². The minimum atomic E-state index is -0.239. The molecule has 5 saturated carbocycles. The molecule has 5 aliphatic rings. The SMILES string of the molecule is CC[C@H]1[C@@H](O)[C@@H]2[C@H](CC[C@]3(C)[C@@H](CCCOC(=O)NC4CCC4)CC[C@@H]23)[C@@]2(C)CC[C@@H](O)C[C@@H]12. The molecule has 0 aromatic rings. The fraction of sp³-hybridized carbons (Fsp3) is 0.966. The molecule has 0 bridgehead atoms. The Morgan fingerprint density at radius 3 is 2.41 bits per heavy atom. The van der Waals surface area contributed by atoms with E-state index in [2.05, 4.69) is 26.1 Å². The molecule has 1 amide bonds. The first-order valence-corrected chi connectivity index (χ1v) is 14.6. The molecule has 0 radical (unpaired) electrons. The molecule has 0 aromatic carbocycles. The highest BCUT2D eigenvalue weighted by Gasteiger charge is 2.64. The molecule has 0 heterocycles. The van der Waals surface area contributed by atoms with Crippen LogP contribution in [0.2, 0.25) is 0 Å². The lowest BCUT2D eigenvalue weighted by Crippen LogP contribution is -2.62. The van der Waals surface area contributed by atoms with E-state index >= 15 is 0 Å². The van der Waals surface area contributed by atoms with Gasteiger partial charge in [0.05, 0.1) is 18.8 Å². The number of aliphatic hydroxyl groups is 2. The van der Waals surface area contributed by atoms with E-state index in [9.17, 15) is 15.0 Å². The second-order valence-electron chi connectivity index (χ2n) is 13.3. The minimum absolute atomic E-state index is 0.182. The smallest absolute Gasteiger partial charge is 0.407 e. The maximum absolute atomic E-state index is 12.0. The summed E-state index contributed by atoms with van der Waals surface area (Å²) in [6, 6.07) is 0.333. The quantitative estimate of drug-likeness (QED) is 0.432. The van der Waals surface area contributed by atoms with Crippen LogP contribution in [0.25, 0.3) is 0 Å². The van der Waals surface area contributed by atoms with Crippen LogP contribution in [0.3, 0.4) is 0 Å². The normalized spacial score (nSPS) is 48.3. The second kappa shape index (κ2) is 9.57. The zero-order valence-corrected chi connectivity index (χ0v) is 21.8. The number of nitrogens with one attached hydrogen (secondary N) is 1. The van der Waals surface area contributed by atoms with Crippen molar-refractivity contribution >= 4 is 6.09 Å². The van der Waals surface area contributed by atoms with Crippen molar-refractivity contribution in [2.24, 2.45) is 46.3 Å². The average Bonchev–Trinajstić information content (AvgIpc) is 3.11. The molecule has 5 aliphatic carbocycles. The van der Waals surface area contributed by atoms with E-state index < -0.39 is 0 Å². The summed E-state index contributed by atoms with van der Waals surface area (Å²) in [6.45, 7) is 7.79. The molecule has 3 N–H and O–H groups in total. The van der Waals surface area contributed by atoms with Crippen molar-refractivity contribution in [3.8, 4) is 0 Å². The molecule has 0 spiro atoms. The van der Waals surface area contributed by atoms with Gasteiger partial charge in [-0.15, -0.1) is 0 Å². The van der Waals surface area contributed by atoms with Crippen molar-refractivity contribution in [3.63, 3.8) is 0 Å². The van der Waals surface area contributed by atoms with Crippen molar-refractivity contribution in [3.05, 3.63) is 0 Å². The highest BCUT2D eigenvalue weighted by atomic mass is 16.5. The number of ether oxygens (including phenoxy) is 1. The molecular formula is C29H49NO4. The number of carbonyl (C=O) groups is 1. The van der Waals surface area contributed by atoms with Crippen LogP contribution in [-0.2, 0) is 4.74 Å². The monoisotopic (exact) mass is 475 g/mol. The molecule has 0 unspecified atom stereocenters. The van der Waals surface area contributed by atoms with Crippen molar-refractivity contribution in [2.45, 2.75) is 122 Å². The van der Waals surface area contributed by atoms with Gasteiger partial charge in [0.1, 0.15) is 0 Å². The lowest BCUT2D eigenvalue weighted by molar-refractivity contribution is -0.202. The molecule has 34 heavy (non-hydrogen) atoms. The van der Waals surface area contributed by atoms with E-state index in [4.69, 9.17) is 4.74 Å². The zero-order chi connectivity index (χ0) is 24.1. The largest absolute Gasteiger partial charge is 0.450 e. The highest BCUT2D eigenvalue weighted by Crippen LogP contribution is 2.69. The van der Waals surface area contributed by atoms with Gasteiger partial charge in [0.15, 0.2) is 0 Å². The maximum atomic E-state index is 12.0. The molecule has 194 valence electrons. The topological polar surface area (TPSA) is 78.8 Å². The number of rotatable bonds is 6. The maximum Gasteiger partial charge on any atom is 0.407 e. The van der Waals surface area contributed by atoms with Crippen LogP contribution in [-0.4, -0.2) is 41.2 Å². The van der Waals surface area contributed by atoms with E-state index in [0.717, 1.165) is 51.4 Å². The van der Waals surface area contributed by atoms with Gasteiger partial charge in [0.2, 0.25) is 0 Å². The predicted molar refractivity (Wildman–Crippen MR) is 133 cm³/mol. The lowest BCUT2D eigenvalue weighted by Gasteiger charge is -2.64. The fourth-order valence-electron chi connectivity index (χ4n) is 9.80. The van der Waals surface area contributed by atoms with Crippen LogP contribution in [0.1, 0.15) is 104 Å². The van der Waals surface area contributed by atoms with Crippen LogP contribution in [0, 0.1) is 46.3 Å². The van der Waals surface area contributed by atoms with Crippen molar-refractivity contribution in [1.29, 1.82) is 0 Å². The second-order valence-corrected chi connectivity index (χ2v) is 13.3. The Balaban J connectivity index is 1.23. The third kappa shape index (κ3) is 4.11. The van der Waals surface area contributed by atoms with Gasteiger partial charge in [-0.05, 0) is 123 Å². The Bertz CT molecular complexity index is 740. The minimum Gasteiger partial charge on any atom is -0.450 e. The summed E-state index contributed by atoms with van der Waals surface area (Å²) >= 11 is 0. The first-order chi connectivity index (χ1) is 16.3. The lowest BCUT2D eigenvalue weighted by atomic mass is 9.41. The van der Waals surface area contributed by atoms with E-state index in [1.807, 2.05) is 0 Å². The van der Waals surface area contributed by atoms with Crippen LogP contribution < -0.4 is 5.32 Å². The number of fused-ring (bicyclic) bond motifs is 5. The predicted octanol–water partition coefficient (Wildman–Crippen LogP) is 5.67. The van der Waals surface area contributed by atoms with Crippen LogP contribution >= 0.6 is 0 Å². The number of aliphatic hydroxyl groups excluding tert-OH is 2. The summed E-state index contributed by atoms with van der Waals surface area (Å²) in [4.78, 5) is 12.0. The van der Waals surface area contributed by atoms with Gasteiger partial charge in [0, 0.05) is 6.04 Å². The molecular weight excluding hydrogens is 426 g/mol. The van der Waals surface area contributed by atoms with Crippen LogP contribution in [0.15, 0.2) is 0 Å². The molecule has 5 nitrogen and oxygen atoms in total. The Morgan fingerprint density at radius 1 is 0.971 bits per heavy atom. The van der Waals surface area contributed by atoms with Crippen LogP contribution in [0.4, 0.5) is 4.79 Å². The van der Waals surface area contributed by atoms with Crippen molar-refractivity contribution in [2.75, 3.05) is 6.61 Å². The van der Waals surface area contributed by atoms with Gasteiger partial charge < -0.3 is 20.3 Å². The first kappa shape index (κ1) is 24.9. The Hall–Kier alpha value is -0.810. The number of hydrogen-bond acceptors (Lipinski definition) is 4. The Labute approximate surface area is 206 Å². The molecule has 0 aliphatic heterocycles. The molecule has 10 atom stereocenters. The number of carbonyl (C=O) groups excluding carboxylic acids is 1. The highest BCUT2D eigenvalue weighted by molar-refractivity contribution is 5.67. The third-order valence-electron chi connectivity index (χ3n) is 11.9. The Kier molecular flexibility index (Phi) is 7.00. The van der Waals surface area contributed by atoms with Gasteiger partial charge in [-0.1, -0.05) is 27.2 Å². The van der Waals surface area contributed by atoms with Gasteiger partial charge >= 0.3 is 6.09 Å². The van der Waals surface area contributed by atoms with E-state index in [-0.39, 0.29) is 23.7 Å². The number of amides is 1. The first-order valence-electron chi connectivity index (χ1n) is 14.6. The van der Waals surface area contributed by atoms with E-state index in [0.29, 0.717) is 53.6 Å². The Morgan fingerprint density at radius 2 is 1.71 bits per heavy atom. The molecule has 5 fully saturated rings. The summed E-state index contributed by atoms with van der Waals surface area (Å²) < 4.78 is 5.48. The van der Waals surface area contributed by atoms with Crippen molar-refractivity contribution < 1.29 is 19.7 Å². The van der Waals surface area contributed by atoms with Gasteiger partial charge in [-0.2, -0.15) is 0 Å². The van der Waals surface area contributed by atoms with E-state index in [1.165, 1.54) is 32.1 Å². The standard InChI is InChI=1S/C29H49NO4/c1-4-21-24-17-20(31)12-14-29(24,3)23-13-15-28(2)18(10-11-22(28)25(23)26(21)32)7-6-16-34-27(33)30-19-8-5-9-19/h18-26,31-32H,4-17H2,1-3H3,(H,30,33)/t18-,20+,21+,22-,23-,24-,25-,26+,28+,29+/m0/s1. The fourth-order valence-corrected chi connectivity index (χ4v) is 9.80. The summed E-state index contributed by atoms with van der Waals surface area (Å²) in [6.07, 6.45) is 13.7. The van der Waals surface area contributed by atoms with Gasteiger partial charge in [-0.3, -0.25) is 0 Å². The molecule has 0 aromatic heterocycles. The average molecular weight is 476 g/mol. The summed E-state index contributed by atoms with van der Waals surface area (Å²) in [5.74, 6) is 3.07. The third-order valence-corrected chi connectivity index (χ3v) is 11.9. The molecule has 0 saturated heterocycles. The molecule has 5 heteroatoms. The van der Waals surface area contributed by atoms with E-state index in [1.54, 1.807) is 0 Å². The summed E-state index contributed by atoms with van der Waals surface area (Å²) in [7, 11) is 0. The van der Waals surface area contributed by atoms with Gasteiger partial charge in [-0.25, -0.2) is 4.79 Å². The van der Waals surface area contributed by atoms with Gasteiger partial charge in [0.25, 0.3) is 0 Å². The van der Waals surface area contributed by atoms with Crippen molar-refractivity contribution in [1.82, 2.24) is 5.32 Å². The number of hydrogen-bond donors (Lipinski definition) is 3. The zero-order valence-electron chi connectivity index (χ0n) is 21.8. The summed E-state index contributed by atoms with van der Waals surface area (Å²) in [5, 5.41) is 25.2. The number of alkyl carbamates (subject to hydrolysis) is 1. The summed E-state index contributed by atoms with van der Waals surface area (Å²) in [5.41, 5.74) is 0.566. The molecule has 5 rings (SSSR count).